The molecule has 0 radical (unpaired) electrons. The summed E-state index contributed by atoms with van der Waals surface area (Å²) in [5.41, 5.74) is -0.506. The van der Waals surface area contributed by atoms with Gasteiger partial charge < -0.3 is 15.2 Å². The molecule has 0 bridgehead atoms. The van der Waals surface area contributed by atoms with Crippen molar-refractivity contribution in [1.82, 2.24) is 5.32 Å². The molecule has 1 aromatic carbocycles. The van der Waals surface area contributed by atoms with Crippen LogP contribution in [0.5, 0.6) is 5.75 Å². The molecule has 0 heterocycles. The van der Waals surface area contributed by atoms with E-state index in [1.165, 1.54) is 19.2 Å². The molecule has 0 atom stereocenters. The summed E-state index contributed by atoms with van der Waals surface area (Å²) in [6, 6.07) is 4.39. The van der Waals surface area contributed by atoms with Gasteiger partial charge in [0.15, 0.2) is 11.6 Å². The van der Waals surface area contributed by atoms with Crippen LogP contribution in [0.25, 0.3) is 0 Å². The Hall–Kier alpha value is -1.62. The fourth-order valence-electron chi connectivity index (χ4n) is 1.31. The largest absolute Gasteiger partial charge is 0.494 e. The van der Waals surface area contributed by atoms with Crippen LogP contribution in [0.3, 0.4) is 0 Å². The summed E-state index contributed by atoms with van der Waals surface area (Å²) in [5, 5.41) is 11.7. The van der Waals surface area contributed by atoms with Crippen molar-refractivity contribution < 1.29 is 19.0 Å². The van der Waals surface area contributed by atoms with E-state index in [1.807, 2.05) is 0 Å². The van der Waals surface area contributed by atoms with Crippen molar-refractivity contribution in [2.24, 2.45) is 5.41 Å². The van der Waals surface area contributed by atoms with Crippen molar-refractivity contribution in [2.75, 3.05) is 20.3 Å². The first-order valence-corrected chi connectivity index (χ1v) is 5.63. The molecule has 0 fully saturated rings. The lowest BCUT2D eigenvalue weighted by Crippen LogP contribution is -2.36. The van der Waals surface area contributed by atoms with Crippen molar-refractivity contribution >= 4 is 5.91 Å². The van der Waals surface area contributed by atoms with Crippen LogP contribution in [-0.4, -0.2) is 31.3 Å². The molecule has 0 aliphatic carbocycles. The summed E-state index contributed by atoms with van der Waals surface area (Å²) in [6.07, 6.45) is 0. The monoisotopic (exact) mass is 255 g/mol. The van der Waals surface area contributed by atoms with E-state index in [-0.39, 0.29) is 24.5 Å². The Bertz CT molecular complexity index is 432. The van der Waals surface area contributed by atoms with E-state index in [2.05, 4.69) is 5.32 Å². The molecule has 0 spiro atoms. The average molecular weight is 255 g/mol. The SMILES string of the molecule is COc1cccc(C(=O)NCC(C)(C)CO)c1F. The second-order valence-corrected chi connectivity index (χ2v) is 4.83. The highest BCUT2D eigenvalue weighted by molar-refractivity contribution is 5.94. The summed E-state index contributed by atoms with van der Waals surface area (Å²) >= 11 is 0. The molecular weight excluding hydrogens is 237 g/mol. The zero-order valence-electron chi connectivity index (χ0n) is 10.8. The van der Waals surface area contributed by atoms with Crippen molar-refractivity contribution in [3.63, 3.8) is 0 Å². The smallest absolute Gasteiger partial charge is 0.254 e. The molecule has 0 saturated heterocycles. The number of methoxy groups -OCH3 is 1. The van der Waals surface area contributed by atoms with Gasteiger partial charge in [-0.3, -0.25) is 4.79 Å². The fourth-order valence-corrected chi connectivity index (χ4v) is 1.31. The van der Waals surface area contributed by atoms with E-state index in [9.17, 15) is 9.18 Å². The van der Waals surface area contributed by atoms with Crippen LogP contribution >= 0.6 is 0 Å². The summed E-state index contributed by atoms with van der Waals surface area (Å²) < 4.78 is 18.6. The standard InChI is InChI=1S/C13H18FNO3/c1-13(2,8-16)7-15-12(17)9-5-4-6-10(18-3)11(9)14/h4-6,16H,7-8H2,1-3H3,(H,15,17). The predicted molar refractivity (Wildman–Crippen MR) is 66.2 cm³/mol. The first kappa shape index (κ1) is 14.4. The summed E-state index contributed by atoms with van der Waals surface area (Å²) in [7, 11) is 1.34. The van der Waals surface area contributed by atoms with Crippen molar-refractivity contribution in [2.45, 2.75) is 13.8 Å². The number of hydrogen-bond acceptors (Lipinski definition) is 3. The summed E-state index contributed by atoms with van der Waals surface area (Å²) in [5.74, 6) is -1.17. The van der Waals surface area contributed by atoms with E-state index in [4.69, 9.17) is 9.84 Å². The number of carbonyl (C=O) groups is 1. The maximum absolute atomic E-state index is 13.8. The molecule has 0 saturated carbocycles. The second kappa shape index (κ2) is 5.82. The molecular formula is C13H18FNO3. The zero-order valence-corrected chi connectivity index (χ0v) is 10.8. The van der Waals surface area contributed by atoms with Gasteiger partial charge in [-0.25, -0.2) is 4.39 Å². The first-order valence-electron chi connectivity index (χ1n) is 5.63. The van der Waals surface area contributed by atoms with E-state index in [1.54, 1.807) is 19.9 Å². The van der Waals surface area contributed by atoms with E-state index in [0.717, 1.165) is 0 Å². The predicted octanol–water partition coefficient (Wildman–Crippen LogP) is 1.58. The van der Waals surface area contributed by atoms with Gasteiger partial charge in [0.1, 0.15) is 0 Å². The lowest BCUT2D eigenvalue weighted by Gasteiger charge is -2.21. The van der Waals surface area contributed by atoms with Gasteiger partial charge in [0.2, 0.25) is 0 Å². The Kier molecular flexibility index (Phi) is 4.67. The van der Waals surface area contributed by atoms with Crippen molar-refractivity contribution in [3.05, 3.63) is 29.6 Å². The number of amides is 1. The summed E-state index contributed by atoms with van der Waals surface area (Å²) in [6.45, 7) is 3.80. The minimum absolute atomic E-state index is 0.0315. The van der Waals surface area contributed by atoms with Gasteiger partial charge in [0.05, 0.1) is 12.7 Å². The molecule has 18 heavy (non-hydrogen) atoms. The number of rotatable bonds is 5. The van der Waals surface area contributed by atoms with Gasteiger partial charge in [-0.15, -0.1) is 0 Å². The normalized spacial score (nSPS) is 11.2. The minimum atomic E-state index is -0.681. The maximum Gasteiger partial charge on any atom is 0.254 e. The van der Waals surface area contributed by atoms with Crippen molar-refractivity contribution in [1.29, 1.82) is 0 Å². The van der Waals surface area contributed by atoms with Crippen LogP contribution in [-0.2, 0) is 0 Å². The summed E-state index contributed by atoms with van der Waals surface area (Å²) in [4.78, 5) is 11.8. The maximum atomic E-state index is 13.8. The lowest BCUT2D eigenvalue weighted by atomic mass is 9.95. The number of aliphatic hydroxyl groups excluding tert-OH is 1. The van der Waals surface area contributed by atoms with Crippen LogP contribution in [0.4, 0.5) is 4.39 Å². The minimum Gasteiger partial charge on any atom is -0.494 e. The fraction of sp³-hybridized carbons (Fsp3) is 0.462. The average Bonchev–Trinajstić information content (AvgIpc) is 2.36. The van der Waals surface area contributed by atoms with E-state index >= 15 is 0 Å². The topological polar surface area (TPSA) is 58.6 Å². The van der Waals surface area contributed by atoms with Gasteiger partial charge >= 0.3 is 0 Å². The molecule has 5 heteroatoms. The molecule has 4 nitrogen and oxygen atoms in total. The third-order valence-electron chi connectivity index (χ3n) is 2.58. The number of halogens is 1. The Labute approximate surface area is 106 Å². The van der Waals surface area contributed by atoms with E-state index < -0.39 is 17.1 Å². The highest BCUT2D eigenvalue weighted by atomic mass is 19.1. The Balaban J connectivity index is 2.79. The Morgan fingerprint density at radius 1 is 1.50 bits per heavy atom. The molecule has 0 unspecified atom stereocenters. The molecule has 1 aromatic rings. The molecule has 100 valence electrons. The van der Waals surface area contributed by atoms with Crippen LogP contribution in [0.1, 0.15) is 24.2 Å². The third-order valence-corrected chi connectivity index (χ3v) is 2.58. The highest BCUT2D eigenvalue weighted by Crippen LogP contribution is 2.20. The number of nitrogens with one attached hydrogen (secondary N) is 1. The molecule has 2 N–H and O–H groups in total. The molecule has 0 aromatic heterocycles. The lowest BCUT2D eigenvalue weighted by molar-refractivity contribution is 0.0906. The number of hydrogen-bond donors (Lipinski definition) is 2. The number of aliphatic hydroxyl groups is 1. The van der Waals surface area contributed by atoms with Gasteiger partial charge in [0.25, 0.3) is 5.91 Å². The van der Waals surface area contributed by atoms with Crippen LogP contribution in [0.2, 0.25) is 0 Å². The zero-order chi connectivity index (χ0) is 13.8. The molecule has 0 aliphatic heterocycles. The van der Waals surface area contributed by atoms with Crippen LogP contribution in [0.15, 0.2) is 18.2 Å². The number of ether oxygens (including phenoxy) is 1. The molecule has 1 rings (SSSR count). The molecule has 0 aliphatic rings. The molecule has 1 amide bonds. The Morgan fingerprint density at radius 3 is 2.72 bits per heavy atom. The first-order chi connectivity index (χ1) is 8.41. The Morgan fingerprint density at radius 2 is 2.17 bits per heavy atom. The van der Waals surface area contributed by atoms with Crippen LogP contribution < -0.4 is 10.1 Å². The van der Waals surface area contributed by atoms with Gasteiger partial charge in [-0.1, -0.05) is 19.9 Å². The second-order valence-electron chi connectivity index (χ2n) is 4.83. The quantitative estimate of drug-likeness (QED) is 0.840. The number of carbonyl (C=O) groups excluding carboxylic acids is 1. The van der Waals surface area contributed by atoms with Gasteiger partial charge in [0, 0.05) is 18.6 Å². The van der Waals surface area contributed by atoms with Gasteiger partial charge in [-0.2, -0.15) is 0 Å². The van der Waals surface area contributed by atoms with Gasteiger partial charge in [-0.05, 0) is 12.1 Å². The number of benzene rings is 1. The van der Waals surface area contributed by atoms with E-state index in [0.29, 0.717) is 0 Å². The van der Waals surface area contributed by atoms with Crippen molar-refractivity contribution in [3.8, 4) is 5.75 Å². The van der Waals surface area contributed by atoms with Crippen LogP contribution in [0, 0.1) is 11.2 Å². The highest BCUT2D eigenvalue weighted by Gasteiger charge is 2.20. The third kappa shape index (κ3) is 3.43.